The molecule has 0 spiro atoms. The second kappa shape index (κ2) is 15.4. The quantitative estimate of drug-likeness (QED) is 0.317. The average molecular weight is 373 g/mol. The zero-order valence-electron chi connectivity index (χ0n) is 9.56. The van der Waals surface area contributed by atoms with Gasteiger partial charge in [-0.2, -0.15) is 25.3 Å². The van der Waals surface area contributed by atoms with Gasteiger partial charge in [0.25, 0.3) is 0 Å². The second-order valence-electron chi connectivity index (χ2n) is 2.61. The molecule has 4 nitrogen and oxygen atoms in total. The van der Waals surface area contributed by atoms with Gasteiger partial charge in [0.1, 0.15) is 0 Å². The average Bonchev–Trinajstić information content (AvgIpc) is 2.29. The molecule has 0 N–H and O–H groups in total. The molecule has 0 saturated heterocycles. The maximum absolute atomic E-state index is 10.5. The summed E-state index contributed by atoms with van der Waals surface area (Å²) in [5.74, 6) is -0.611. The van der Waals surface area contributed by atoms with E-state index in [2.05, 4.69) is 44.6 Å². The van der Waals surface area contributed by atoms with E-state index < -0.39 is 0 Å². The van der Waals surface area contributed by atoms with Crippen molar-refractivity contribution >= 4 is 58.3 Å². The SMILES string of the molecule is O=C(CS)OCCCOC(=O)CS.[CH3][Sn][CH3]. The Morgan fingerprint density at radius 3 is 1.56 bits per heavy atom. The Kier molecular flexibility index (Phi) is 18.1. The van der Waals surface area contributed by atoms with Crippen molar-refractivity contribution in [1.29, 1.82) is 0 Å². The normalized spacial score (nSPS) is 8.75. The fourth-order valence-corrected chi connectivity index (χ4v) is 0.705. The van der Waals surface area contributed by atoms with E-state index in [0.29, 0.717) is 6.42 Å². The van der Waals surface area contributed by atoms with E-state index in [4.69, 9.17) is 0 Å². The van der Waals surface area contributed by atoms with E-state index in [1.807, 2.05) is 0 Å². The van der Waals surface area contributed by atoms with Gasteiger partial charge < -0.3 is 9.47 Å². The number of carbonyl (C=O) groups is 2. The zero-order chi connectivity index (χ0) is 12.8. The van der Waals surface area contributed by atoms with Crippen molar-refractivity contribution in [2.45, 2.75) is 16.3 Å². The predicted octanol–water partition coefficient (Wildman–Crippen LogP) is 1.11. The number of thiol groups is 2. The molecule has 0 amide bonds. The summed E-state index contributed by atoms with van der Waals surface area (Å²) >= 11 is 7.67. The van der Waals surface area contributed by atoms with Gasteiger partial charge in [-0.25, -0.2) is 0 Å². The summed E-state index contributed by atoms with van der Waals surface area (Å²) in [6, 6.07) is 0. The van der Waals surface area contributed by atoms with E-state index in [-0.39, 0.29) is 57.8 Å². The molecular weight excluding hydrogens is 355 g/mol. The Morgan fingerprint density at radius 2 is 1.31 bits per heavy atom. The van der Waals surface area contributed by atoms with Gasteiger partial charge in [-0.3, -0.25) is 9.59 Å². The Morgan fingerprint density at radius 1 is 1.00 bits per heavy atom. The van der Waals surface area contributed by atoms with Crippen LogP contribution in [0.4, 0.5) is 0 Å². The molecule has 0 fully saturated rings. The Balaban J connectivity index is 0. The molecule has 0 bridgehead atoms. The summed E-state index contributed by atoms with van der Waals surface area (Å²) in [5, 5.41) is 0. The second-order valence-corrected chi connectivity index (χ2v) is 6.10. The molecule has 0 saturated carbocycles. The minimum absolute atomic E-state index is 0.0659. The summed E-state index contributed by atoms with van der Waals surface area (Å²) in [5.41, 5.74) is 0. The number of ether oxygens (including phenoxy) is 2. The van der Waals surface area contributed by atoms with Crippen LogP contribution in [0, 0.1) is 0 Å². The van der Waals surface area contributed by atoms with Gasteiger partial charge in [0.15, 0.2) is 0 Å². The fourth-order valence-electron chi connectivity index (χ4n) is 0.522. The van der Waals surface area contributed by atoms with Crippen molar-refractivity contribution in [2.24, 2.45) is 0 Å². The van der Waals surface area contributed by atoms with Crippen LogP contribution in [0.25, 0.3) is 0 Å². The number of hydrogen-bond donors (Lipinski definition) is 2. The molecule has 0 aliphatic heterocycles. The van der Waals surface area contributed by atoms with Gasteiger partial charge in [0.2, 0.25) is 0 Å². The van der Waals surface area contributed by atoms with E-state index in [1.165, 1.54) is 0 Å². The van der Waals surface area contributed by atoms with Crippen LogP contribution in [0.1, 0.15) is 6.42 Å². The number of esters is 2. The van der Waals surface area contributed by atoms with E-state index in [9.17, 15) is 9.59 Å². The monoisotopic (exact) mass is 374 g/mol. The van der Waals surface area contributed by atoms with E-state index in [1.54, 1.807) is 0 Å². The van der Waals surface area contributed by atoms with Crippen LogP contribution in [-0.2, 0) is 19.1 Å². The van der Waals surface area contributed by atoms with Gasteiger partial charge in [0, 0.05) is 6.42 Å². The summed E-state index contributed by atoms with van der Waals surface area (Å²) in [6.45, 7) is 0.499. The van der Waals surface area contributed by atoms with E-state index in [0.717, 1.165) is 0 Å². The Hall–Kier alpha value is 0.439. The predicted molar refractivity (Wildman–Crippen MR) is 71.7 cm³/mol. The van der Waals surface area contributed by atoms with Crippen molar-refractivity contribution in [3.8, 4) is 0 Å². The molecule has 94 valence electrons. The standard InChI is InChI=1S/C7H12O4S2.2CH3.Sn/c8-6(4-12)10-2-1-3-11-7(9)5-13;;;/h12-13H,1-5H2;2*1H3;. The first kappa shape index (κ1) is 18.8. The van der Waals surface area contributed by atoms with Gasteiger partial charge in [-0.1, -0.05) is 0 Å². The van der Waals surface area contributed by atoms with Crippen molar-refractivity contribution in [2.75, 3.05) is 24.7 Å². The van der Waals surface area contributed by atoms with Crippen molar-refractivity contribution in [3.63, 3.8) is 0 Å². The third-order valence-corrected chi connectivity index (χ3v) is 1.59. The molecule has 2 radical (unpaired) electrons. The summed E-state index contributed by atoms with van der Waals surface area (Å²) in [7, 11) is 0. The first-order valence-corrected chi connectivity index (χ1v) is 11.7. The number of carbonyl (C=O) groups excluding carboxylic acids is 2. The molecule has 0 aliphatic rings. The topological polar surface area (TPSA) is 52.6 Å². The first-order chi connectivity index (χ1) is 7.62. The van der Waals surface area contributed by atoms with Crippen LogP contribution < -0.4 is 0 Å². The van der Waals surface area contributed by atoms with Crippen LogP contribution >= 0.6 is 25.3 Å². The molecule has 0 heterocycles. The Labute approximate surface area is 118 Å². The molecule has 16 heavy (non-hydrogen) atoms. The maximum atomic E-state index is 10.5. The van der Waals surface area contributed by atoms with Crippen molar-refractivity contribution < 1.29 is 19.1 Å². The van der Waals surface area contributed by atoms with E-state index >= 15 is 0 Å². The van der Waals surface area contributed by atoms with Crippen LogP contribution in [-0.4, -0.2) is 57.8 Å². The summed E-state index contributed by atoms with van der Waals surface area (Å²) in [4.78, 5) is 25.7. The molecule has 0 rings (SSSR count). The third-order valence-electron chi connectivity index (χ3n) is 1.07. The third kappa shape index (κ3) is 16.9. The minimum atomic E-state index is -0.371. The summed E-state index contributed by atoms with van der Waals surface area (Å²) < 4.78 is 9.36. The molecule has 0 atom stereocenters. The van der Waals surface area contributed by atoms with Crippen molar-refractivity contribution in [3.05, 3.63) is 0 Å². The molecule has 0 aromatic heterocycles. The molecule has 0 aromatic carbocycles. The zero-order valence-corrected chi connectivity index (χ0v) is 14.2. The molecule has 0 aromatic rings. The number of rotatable bonds is 6. The molecular formula is C9H18O4S2Sn. The molecule has 0 unspecified atom stereocenters. The van der Waals surface area contributed by atoms with Crippen LogP contribution in [0.15, 0.2) is 0 Å². The molecule has 0 aliphatic carbocycles. The van der Waals surface area contributed by atoms with Crippen LogP contribution in [0.2, 0.25) is 9.88 Å². The van der Waals surface area contributed by atoms with Gasteiger partial charge in [-0.15, -0.1) is 0 Å². The first-order valence-electron chi connectivity index (χ1n) is 4.73. The van der Waals surface area contributed by atoms with Gasteiger partial charge in [0.05, 0.1) is 24.7 Å². The number of hydrogen-bond acceptors (Lipinski definition) is 6. The van der Waals surface area contributed by atoms with Gasteiger partial charge >= 0.3 is 43.0 Å². The van der Waals surface area contributed by atoms with Crippen LogP contribution in [0.5, 0.6) is 0 Å². The van der Waals surface area contributed by atoms with Crippen LogP contribution in [0.3, 0.4) is 0 Å². The fraction of sp³-hybridized carbons (Fsp3) is 0.778. The summed E-state index contributed by atoms with van der Waals surface area (Å²) in [6.07, 6.45) is 0.499. The van der Waals surface area contributed by atoms with Gasteiger partial charge in [-0.05, 0) is 0 Å². The molecule has 7 heteroatoms. The van der Waals surface area contributed by atoms with Crippen molar-refractivity contribution in [1.82, 2.24) is 0 Å². The Bertz CT molecular complexity index is 172.